The van der Waals surface area contributed by atoms with Crippen LogP contribution in [-0.4, -0.2) is 45.1 Å². The maximum atomic E-state index is 11.4. The normalized spacial score (nSPS) is 12.2. The predicted molar refractivity (Wildman–Crippen MR) is 63.8 cm³/mol. The largest absolute Gasteiger partial charge is 0.396 e. The molecule has 0 atom stereocenters. The highest BCUT2D eigenvalue weighted by atomic mass is 32.2. The monoisotopic (exact) mass is 253 g/mol. The zero-order chi connectivity index (χ0) is 12.4. The van der Waals surface area contributed by atoms with Crippen LogP contribution in [0.5, 0.6) is 0 Å². The first-order chi connectivity index (χ1) is 7.48. The van der Waals surface area contributed by atoms with Crippen molar-refractivity contribution in [3.8, 4) is 0 Å². The second-order valence-corrected chi connectivity index (χ2v) is 5.84. The highest BCUT2D eigenvalue weighted by Crippen LogP contribution is 1.95. The van der Waals surface area contributed by atoms with Gasteiger partial charge in [0.25, 0.3) is 0 Å². The van der Waals surface area contributed by atoms with Gasteiger partial charge in [0.2, 0.25) is 10.0 Å². The Balaban J connectivity index is 3.55. The standard InChI is InChI=1S/C10H23NO4S/c1-10(2)15-8-9-16(13,14)11-6-4-3-5-7-12/h10-12H,3-9H2,1-2H3. The van der Waals surface area contributed by atoms with Crippen molar-refractivity contribution in [3.63, 3.8) is 0 Å². The number of rotatable bonds is 10. The second-order valence-electron chi connectivity index (χ2n) is 3.92. The molecule has 98 valence electrons. The van der Waals surface area contributed by atoms with E-state index < -0.39 is 10.0 Å². The van der Waals surface area contributed by atoms with Crippen LogP contribution >= 0.6 is 0 Å². The number of hydrogen-bond donors (Lipinski definition) is 2. The zero-order valence-electron chi connectivity index (χ0n) is 10.1. The Hall–Kier alpha value is -0.170. The topological polar surface area (TPSA) is 75.6 Å². The van der Waals surface area contributed by atoms with Gasteiger partial charge in [-0.15, -0.1) is 0 Å². The lowest BCUT2D eigenvalue weighted by Crippen LogP contribution is -2.29. The van der Waals surface area contributed by atoms with Gasteiger partial charge in [-0.1, -0.05) is 0 Å². The van der Waals surface area contributed by atoms with Gasteiger partial charge in [0, 0.05) is 13.2 Å². The fourth-order valence-corrected chi connectivity index (χ4v) is 2.02. The van der Waals surface area contributed by atoms with Crippen LogP contribution in [0, 0.1) is 0 Å². The molecule has 0 spiro atoms. The zero-order valence-corrected chi connectivity index (χ0v) is 10.9. The summed E-state index contributed by atoms with van der Waals surface area (Å²) >= 11 is 0. The SMILES string of the molecule is CC(C)OCCS(=O)(=O)NCCCCCO. The minimum Gasteiger partial charge on any atom is -0.396 e. The van der Waals surface area contributed by atoms with Crippen LogP contribution in [0.2, 0.25) is 0 Å². The lowest BCUT2D eigenvalue weighted by Gasteiger charge is -2.09. The minimum absolute atomic E-state index is 0.00514. The molecular formula is C10H23NO4S. The van der Waals surface area contributed by atoms with Crippen LogP contribution in [0.3, 0.4) is 0 Å². The Bertz CT molecular complexity index is 252. The van der Waals surface area contributed by atoms with E-state index in [2.05, 4.69) is 4.72 Å². The molecule has 0 radical (unpaired) electrons. The Labute approximate surface area is 98.2 Å². The third-order valence-corrected chi connectivity index (χ3v) is 3.31. The predicted octanol–water partition coefficient (Wildman–Crippen LogP) is 0.493. The summed E-state index contributed by atoms with van der Waals surface area (Å²) in [6, 6.07) is 0. The molecule has 2 N–H and O–H groups in total. The number of nitrogens with one attached hydrogen (secondary N) is 1. The van der Waals surface area contributed by atoms with Crippen molar-refractivity contribution in [2.24, 2.45) is 0 Å². The molecule has 0 aliphatic rings. The van der Waals surface area contributed by atoms with Crippen molar-refractivity contribution >= 4 is 10.0 Å². The molecule has 0 unspecified atom stereocenters. The summed E-state index contributed by atoms with van der Waals surface area (Å²) in [5.41, 5.74) is 0. The summed E-state index contributed by atoms with van der Waals surface area (Å²) in [6.45, 7) is 4.56. The van der Waals surface area contributed by atoms with E-state index in [0.29, 0.717) is 6.54 Å². The Morgan fingerprint density at radius 2 is 1.94 bits per heavy atom. The van der Waals surface area contributed by atoms with Crippen LogP contribution in [0.4, 0.5) is 0 Å². The first-order valence-electron chi connectivity index (χ1n) is 5.67. The van der Waals surface area contributed by atoms with E-state index in [1.807, 2.05) is 13.8 Å². The molecule has 0 saturated heterocycles. The van der Waals surface area contributed by atoms with Crippen molar-refractivity contribution in [3.05, 3.63) is 0 Å². The minimum atomic E-state index is -3.20. The maximum absolute atomic E-state index is 11.4. The van der Waals surface area contributed by atoms with Crippen molar-refractivity contribution in [2.75, 3.05) is 25.5 Å². The summed E-state index contributed by atoms with van der Waals surface area (Å²) in [5.74, 6) is 0.00514. The van der Waals surface area contributed by atoms with E-state index in [9.17, 15) is 8.42 Å². The van der Waals surface area contributed by atoms with Crippen molar-refractivity contribution in [2.45, 2.75) is 39.2 Å². The molecule has 0 aromatic rings. The van der Waals surface area contributed by atoms with Gasteiger partial charge in [-0.25, -0.2) is 13.1 Å². The van der Waals surface area contributed by atoms with Crippen molar-refractivity contribution < 1.29 is 18.3 Å². The smallest absolute Gasteiger partial charge is 0.213 e. The lowest BCUT2D eigenvalue weighted by molar-refractivity contribution is 0.0911. The van der Waals surface area contributed by atoms with E-state index in [0.717, 1.165) is 19.3 Å². The summed E-state index contributed by atoms with van der Waals surface area (Å²) < 4.78 is 30.5. The summed E-state index contributed by atoms with van der Waals surface area (Å²) in [4.78, 5) is 0. The van der Waals surface area contributed by atoms with Gasteiger partial charge in [-0.2, -0.15) is 0 Å². The third-order valence-electron chi connectivity index (χ3n) is 1.96. The Morgan fingerprint density at radius 1 is 1.25 bits per heavy atom. The molecule has 0 aromatic heterocycles. The van der Waals surface area contributed by atoms with Gasteiger partial charge in [-0.3, -0.25) is 0 Å². The third kappa shape index (κ3) is 10.4. The molecule has 6 heteroatoms. The van der Waals surface area contributed by atoms with Crippen LogP contribution in [0.1, 0.15) is 33.1 Å². The maximum Gasteiger partial charge on any atom is 0.213 e. The number of aliphatic hydroxyl groups is 1. The molecule has 0 aromatic carbocycles. The van der Waals surface area contributed by atoms with Gasteiger partial charge in [0.15, 0.2) is 0 Å². The van der Waals surface area contributed by atoms with Crippen LogP contribution in [0.25, 0.3) is 0 Å². The Kier molecular flexibility index (Phi) is 8.83. The quantitative estimate of drug-likeness (QED) is 0.556. The summed E-state index contributed by atoms with van der Waals surface area (Å²) in [6.07, 6.45) is 2.37. The fraction of sp³-hybridized carbons (Fsp3) is 1.00. The van der Waals surface area contributed by atoms with Gasteiger partial charge in [0.1, 0.15) is 0 Å². The first kappa shape index (κ1) is 15.8. The lowest BCUT2D eigenvalue weighted by atomic mass is 10.2. The molecule has 0 bridgehead atoms. The molecule has 0 aliphatic carbocycles. The molecule has 0 heterocycles. The fourth-order valence-electron chi connectivity index (χ4n) is 1.11. The number of ether oxygens (including phenoxy) is 1. The van der Waals surface area contributed by atoms with Crippen molar-refractivity contribution in [1.29, 1.82) is 0 Å². The van der Waals surface area contributed by atoms with Gasteiger partial charge < -0.3 is 9.84 Å². The van der Waals surface area contributed by atoms with E-state index in [-0.39, 0.29) is 25.1 Å². The molecule has 0 fully saturated rings. The van der Waals surface area contributed by atoms with Gasteiger partial charge in [0.05, 0.1) is 18.5 Å². The van der Waals surface area contributed by atoms with Crippen molar-refractivity contribution in [1.82, 2.24) is 4.72 Å². The van der Waals surface area contributed by atoms with E-state index in [1.54, 1.807) is 0 Å². The van der Waals surface area contributed by atoms with Gasteiger partial charge >= 0.3 is 0 Å². The highest BCUT2D eigenvalue weighted by molar-refractivity contribution is 7.89. The second kappa shape index (κ2) is 8.92. The highest BCUT2D eigenvalue weighted by Gasteiger charge is 2.09. The molecule has 0 saturated carbocycles. The van der Waals surface area contributed by atoms with Crippen LogP contribution in [0.15, 0.2) is 0 Å². The van der Waals surface area contributed by atoms with E-state index >= 15 is 0 Å². The molecule has 0 aliphatic heterocycles. The molecular weight excluding hydrogens is 230 g/mol. The first-order valence-corrected chi connectivity index (χ1v) is 7.33. The number of sulfonamides is 1. The van der Waals surface area contributed by atoms with E-state index in [4.69, 9.17) is 9.84 Å². The molecule has 0 amide bonds. The molecule has 5 nitrogen and oxygen atoms in total. The summed E-state index contributed by atoms with van der Waals surface area (Å²) in [5, 5.41) is 8.54. The molecule has 16 heavy (non-hydrogen) atoms. The van der Waals surface area contributed by atoms with Gasteiger partial charge in [-0.05, 0) is 33.1 Å². The van der Waals surface area contributed by atoms with Crippen LogP contribution in [-0.2, 0) is 14.8 Å². The average Bonchev–Trinajstić information content (AvgIpc) is 2.16. The van der Waals surface area contributed by atoms with E-state index in [1.165, 1.54) is 0 Å². The number of hydrogen-bond acceptors (Lipinski definition) is 4. The van der Waals surface area contributed by atoms with Crippen LogP contribution < -0.4 is 4.72 Å². The molecule has 0 rings (SSSR count). The Morgan fingerprint density at radius 3 is 2.50 bits per heavy atom. The number of unbranched alkanes of at least 4 members (excludes halogenated alkanes) is 2. The summed E-state index contributed by atoms with van der Waals surface area (Å²) in [7, 11) is -3.20. The average molecular weight is 253 g/mol. The number of aliphatic hydroxyl groups excluding tert-OH is 1.